The third-order valence-corrected chi connectivity index (χ3v) is 5.29. The molecule has 1 amide bonds. The summed E-state index contributed by atoms with van der Waals surface area (Å²) in [4.78, 5) is 21.1. The Labute approximate surface area is 164 Å². The van der Waals surface area contributed by atoms with Gasteiger partial charge in [0, 0.05) is 49.3 Å². The predicted molar refractivity (Wildman–Crippen MR) is 105 cm³/mol. The molecule has 136 valence electrons. The van der Waals surface area contributed by atoms with Crippen molar-refractivity contribution in [2.24, 2.45) is 11.7 Å². The first-order chi connectivity index (χ1) is 10.6. The van der Waals surface area contributed by atoms with Gasteiger partial charge in [-0.3, -0.25) is 4.79 Å². The molecule has 3 rings (SSSR count). The zero-order valence-corrected chi connectivity index (χ0v) is 16.8. The van der Waals surface area contributed by atoms with Crippen LogP contribution >= 0.6 is 40.7 Å². The Hall–Kier alpha value is -0.560. The largest absolute Gasteiger partial charge is 0.353 e. The lowest BCUT2D eigenvalue weighted by Gasteiger charge is -2.36. The molecule has 0 aromatic carbocycles. The second kappa shape index (κ2) is 9.80. The number of hydrogen-bond donors (Lipinski definition) is 1. The van der Waals surface area contributed by atoms with Crippen molar-refractivity contribution >= 4 is 52.5 Å². The standard InChI is InChI=1S/C16H23BrN4O.2ClH/c17-13-4-5-15(19-11-13)20-6-8-21(9-7-20)16(22)10-12-2-1-3-14(12)18;;/h4-5,11-12,14H,1-3,6-10,18H2;2*1H/t12-,14+;;/m0../s1. The lowest BCUT2D eigenvalue weighted by Crippen LogP contribution is -2.49. The zero-order chi connectivity index (χ0) is 15.5. The fourth-order valence-corrected chi connectivity index (χ4v) is 3.65. The van der Waals surface area contributed by atoms with Crippen molar-refractivity contribution < 1.29 is 4.79 Å². The first-order valence-corrected chi connectivity index (χ1v) is 8.82. The van der Waals surface area contributed by atoms with E-state index in [-0.39, 0.29) is 36.8 Å². The minimum Gasteiger partial charge on any atom is -0.353 e. The Kier molecular flexibility index (Phi) is 8.77. The number of pyridine rings is 1. The first kappa shape index (κ1) is 21.5. The average Bonchev–Trinajstić information content (AvgIpc) is 2.93. The maximum atomic E-state index is 12.4. The molecular formula is C16H25BrCl2N4O. The number of aromatic nitrogens is 1. The van der Waals surface area contributed by atoms with Crippen molar-refractivity contribution in [3.05, 3.63) is 22.8 Å². The maximum Gasteiger partial charge on any atom is 0.223 e. The van der Waals surface area contributed by atoms with Crippen LogP contribution in [0.5, 0.6) is 0 Å². The van der Waals surface area contributed by atoms with Crippen molar-refractivity contribution in [1.82, 2.24) is 9.88 Å². The van der Waals surface area contributed by atoms with E-state index in [1.165, 1.54) is 6.42 Å². The van der Waals surface area contributed by atoms with Crippen molar-refractivity contribution in [3.8, 4) is 0 Å². The molecule has 2 fully saturated rings. The smallest absolute Gasteiger partial charge is 0.223 e. The number of piperazine rings is 1. The number of carbonyl (C=O) groups excluding carboxylic acids is 1. The topological polar surface area (TPSA) is 62.5 Å². The fourth-order valence-electron chi connectivity index (χ4n) is 3.41. The summed E-state index contributed by atoms with van der Waals surface area (Å²) in [6.07, 6.45) is 5.78. The molecule has 0 spiro atoms. The lowest BCUT2D eigenvalue weighted by atomic mass is 9.99. The molecule has 2 heterocycles. The van der Waals surface area contributed by atoms with Crippen molar-refractivity contribution in [2.45, 2.75) is 31.7 Å². The van der Waals surface area contributed by atoms with E-state index in [4.69, 9.17) is 5.73 Å². The summed E-state index contributed by atoms with van der Waals surface area (Å²) in [6, 6.07) is 4.23. The third-order valence-electron chi connectivity index (χ3n) is 4.82. The number of nitrogens with two attached hydrogens (primary N) is 1. The Morgan fingerprint density at radius 3 is 2.46 bits per heavy atom. The molecule has 2 N–H and O–H groups in total. The molecule has 1 aromatic rings. The minimum atomic E-state index is 0. The first-order valence-electron chi connectivity index (χ1n) is 8.03. The number of halogens is 3. The monoisotopic (exact) mass is 438 g/mol. The number of hydrogen-bond acceptors (Lipinski definition) is 4. The van der Waals surface area contributed by atoms with E-state index >= 15 is 0 Å². The predicted octanol–water partition coefficient (Wildman–Crippen LogP) is 2.85. The van der Waals surface area contributed by atoms with Crippen LogP contribution < -0.4 is 10.6 Å². The Balaban J connectivity index is 0.00000144. The second-order valence-corrected chi connectivity index (χ2v) is 7.18. The van der Waals surface area contributed by atoms with Crippen LogP contribution in [0.15, 0.2) is 22.8 Å². The summed E-state index contributed by atoms with van der Waals surface area (Å²) in [6.45, 7) is 3.24. The molecule has 8 heteroatoms. The molecule has 2 aliphatic rings. The van der Waals surface area contributed by atoms with Crippen molar-refractivity contribution in [3.63, 3.8) is 0 Å². The van der Waals surface area contributed by atoms with Crippen LogP contribution in [-0.4, -0.2) is 48.0 Å². The highest BCUT2D eigenvalue weighted by molar-refractivity contribution is 9.10. The molecule has 0 unspecified atom stereocenters. The van der Waals surface area contributed by atoms with Gasteiger partial charge in [0.15, 0.2) is 0 Å². The van der Waals surface area contributed by atoms with Gasteiger partial charge in [0.05, 0.1) is 0 Å². The van der Waals surface area contributed by atoms with E-state index < -0.39 is 0 Å². The van der Waals surface area contributed by atoms with Crippen molar-refractivity contribution in [2.75, 3.05) is 31.1 Å². The van der Waals surface area contributed by atoms with Gasteiger partial charge in [-0.2, -0.15) is 0 Å². The third kappa shape index (κ3) is 5.22. The van der Waals surface area contributed by atoms with Crippen LogP contribution in [0.3, 0.4) is 0 Å². The maximum absolute atomic E-state index is 12.4. The van der Waals surface area contributed by atoms with Gasteiger partial charge in [-0.25, -0.2) is 4.98 Å². The Bertz CT molecular complexity index is 523. The lowest BCUT2D eigenvalue weighted by molar-refractivity contribution is -0.132. The summed E-state index contributed by atoms with van der Waals surface area (Å²) < 4.78 is 0.984. The fraction of sp³-hybridized carbons (Fsp3) is 0.625. The number of amides is 1. The van der Waals surface area contributed by atoms with Crippen LogP contribution in [0, 0.1) is 5.92 Å². The van der Waals surface area contributed by atoms with Gasteiger partial charge < -0.3 is 15.5 Å². The van der Waals surface area contributed by atoms with Gasteiger partial charge in [-0.15, -0.1) is 24.8 Å². The molecular weight excluding hydrogens is 415 g/mol. The highest BCUT2D eigenvalue weighted by atomic mass is 79.9. The van der Waals surface area contributed by atoms with Gasteiger partial charge in [0.1, 0.15) is 5.82 Å². The van der Waals surface area contributed by atoms with E-state index in [1.807, 2.05) is 23.2 Å². The molecule has 0 bridgehead atoms. The summed E-state index contributed by atoms with van der Waals surface area (Å²) in [5.41, 5.74) is 6.08. The summed E-state index contributed by atoms with van der Waals surface area (Å²) in [7, 11) is 0. The van der Waals surface area contributed by atoms with Gasteiger partial charge in [-0.1, -0.05) is 6.42 Å². The SMILES string of the molecule is Cl.Cl.N[C@@H]1CCC[C@H]1CC(=O)N1CCN(c2ccc(Br)cn2)CC1. The van der Waals surface area contributed by atoms with Gasteiger partial charge in [0.2, 0.25) is 5.91 Å². The Morgan fingerprint density at radius 1 is 1.21 bits per heavy atom. The van der Waals surface area contributed by atoms with Gasteiger partial charge in [0.25, 0.3) is 0 Å². The van der Waals surface area contributed by atoms with Crippen molar-refractivity contribution in [1.29, 1.82) is 0 Å². The molecule has 2 atom stereocenters. The number of rotatable bonds is 3. The molecule has 0 radical (unpaired) electrons. The van der Waals surface area contributed by atoms with E-state index in [2.05, 4.69) is 25.8 Å². The normalized spacial score (nSPS) is 23.4. The second-order valence-electron chi connectivity index (χ2n) is 6.26. The van der Waals surface area contributed by atoms with Crippen LogP contribution in [-0.2, 0) is 4.79 Å². The summed E-state index contributed by atoms with van der Waals surface area (Å²) >= 11 is 3.40. The van der Waals surface area contributed by atoms with Crippen LogP contribution in [0.25, 0.3) is 0 Å². The average molecular weight is 440 g/mol. The number of nitrogens with zero attached hydrogens (tertiary/aromatic N) is 3. The molecule has 24 heavy (non-hydrogen) atoms. The highest BCUT2D eigenvalue weighted by Crippen LogP contribution is 2.27. The van der Waals surface area contributed by atoms with E-state index in [0.29, 0.717) is 12.3 Å². The van der Waals surface area contributed by atoms with E-state index in [9.17, 15) is 4.79 Å². The van der Waals surface area contributed by atoms with Crippen LogP contribution in [0.4, 0.5) is 5.82 Å². The quantitative estimate of drug-likeness (QED) is 0.786. The van der Waals surface area contributed by atoms with E-state index in [1.54, 1.807) is 0 Å². The summed E-state index contributed by atoms with van der Waals surface area (Å²) in [5.74, 6) is 1.64. The van der Waals surface area contributed by atoms with E-state index in [0.717, 1.165) is 49.3 Å². The van der Waals surface area contributed by atoms with Gasteiger partial charge in [-0.05, 0) is 46.8 Å². The van der Waals surface area contributed by atoms with Gasteiger partial charge >= 0.3 is 0 Å². The highest BCUT2D eigenvalue weighted by Gasteiger charge is 2.29. The molecule has 1 saturated heterocycles. The summed E-state index contributed by atoms with van der Waals surface area (Å²) in [5, 5.41) is 0. The number of anilines is 1. The molecule has 1 aliphatic carbocycles. The van der Waals surface area contributed by atoms with Crippen LogP contribution in [0.2, 0.25) is 0 Å². The molecule has 1 aliphatic heterocycles. The molecule has 1 saturated carbocycles. The zero-order valence-electron chi connectivity index (χ0n) is 13.6. The molecule has 5 nitrogen and oxygen atoms in total. The molecule has 1 aromatic heterocycles. The Morgan fingerprint density at radius 2 is 1.92 bits per heavy atom. The number of carbonyl (C=O) groups is 1. The van der Waals surface area contributed by atoms with Crippen LogP contribution in [0.1, 0.15) is 25.7 Å². The minimum absolute atomic E-state index is 0.